The average molecular weight is 367 g/mol. The standard InChI is InChI=1S/C20H21N3O4/c1-3-27-20(25)17-13-21-23-11-10-15(12-18(17)23)22-19(24)9-6-14-4-7-16(26-2)8-5-14/h4-5,7-8,10-13H,3,6,9H2,1-2H3,(H,22,24). The number of hydrogen-bond donors (Lipinski definition) is 1. The van der Waals surface area contributed by atoms with Crippen LogP contribution in [0.2, 0.25) is 0 Å². The maximum absolute atomic E-state index is 12.3. The Balaban J connectivity index is 1.65. The highest BCUT2D eigenvalue weighted by Gasteiger charge is 2.14. The molecule has 0 aliphatic carbocycles. The number of hydrogen-bond acceptors (Lipinski definition) is 5. The number of carbonyl (C=O) groups is 2. The summed E-state index contributed by atoms with van der Waals surface area (Å²) in [6.45, 7) is 2.04. The van der Waals surface area contributed by atoms with Gasteiger partial charge in [0, 0.05) is 18.3 Å². The van der Waals surface area contributed by atoms with Gasteiger partial charge in [-0.3, -0.25) is 4.79 Å². The quantitative estimate of drug-likeness (QED) is 0.649. The number of carbonyl (C=O) groups excluding carboxylic acids is 2. The molecule has 0 saturated heterocycles. The normalized spacial score (nSPS) is 10.6. The number of aromatic nitrogens is 2. The first-order chi connectivity index (χ1) is 13.1. The van der Waals surface area contributed by atoms with E-state index in [1.807, 2.05) is 24.3 Å². The number of anilines is 1. The smallest absolute Gasteiger partial charge is 0.341 e. The molecular weight excluding hydrogens is 346 g/mol. The molecule has 0 fully saturated rings. The van der Waals surface area contributed by atoms with Crippen LogP contribution >= 0.6 is 0 Å². The highest BCUT2D eigenvalue weighted by molar-refractivity contribution is 5.98. The molecule has 140 valence electrons. The minimum atomic E-state index is -0.435. The van der Waals surface area contributed by atoms with E-state index in [4.69, 9.17) is 9.47 Å². The molecule has 1 aromatic carbocycles. The fraction of sp³-hybridized carbons (Fsp3) is 0.250. The third-order valence-corrected chi connectivity index (χ3v) is 4.10. The molecule has 2 aromatic heterocycles. The first kappa shape index (κ1) is 18.4. The van der Waals surface area contributed by atoms with Crippen LogP contribution < -0.4 is 10.1 Å². The number of benzene rings is 1. The van der Waals surface area contributed by atoms with E-state index in [9.17, 15) is 9.59 Å². The van der Waals surface area contributed by atoms with Crippen LogP contribution in [0.15, 0.2) is 48.8 Å². The summed E-state index contributed by atoms with van der Waals surface area (Å²) in [5, 5.41) is 6.98. The van der Waals surface area contributed by atoms with Gasteiger partial charge in [-0.15, -0.1) is 0 Å². The van der Waals surface area contributed by atoms with E-state index in [-0.39, 0.29) is 12.5 Å². The molecule has 27 heavy (non-hydrogen) atoms. The fourth-order valence-corrected chi connectivity index (χ4v) is 2.70. The summed E-state index contributed by atoms with van der Waals surface area (Å²) in [6, 6.07) is 11.1. The van der Waals surface area contributed by atoms with Gasteiger partial charge in [0.1, 0.15) is 11.3 Å². The number of fused-ring (bicyclic) bond motifs is 1. The van der Waals surface area contributed by atoms with Crippen molar-refractivity contribution in [2.75, 3.05) is 19.0 Å². The molecule has 7 nitrogen and oxygen atoms in total. The molecule has 0 unspecified atom stereocenters. The molecule has 1 amide bonds. The zero-order chi connectivity index (χ0) is 19.2. The lowest BCUT2D eigenvalue weighted by Crippen LogP contribution is -2.12. The molecule has 0 spiro atoms. The summed E-state index contributed by atoms with van der Waals surface area (Å²) < 4.78 is 11.7. The number of ether oxygens (including phenoxy) is 2. The number of esters is 1. The maximum Gasteiger partial charge on any atom is 0.341 e. The molecular formula is C20H21N3O4. The van der Waals surface area contributed by atoms with Crippen LogP contribution in [0, 0.1) is 0 Å². The molecule has 1 N–H and O–H groups in total. The predicted octanol–water partition coefficient (Wildman–Crippen LogP) is 3.09. The number of amides is 1. The molecule has 3 rings (SSSR count). The Hall–Kier alpha value is -3.35. The van der Waals surface area contributed by atoms with Crippen molar-refractivity contribution in [1.29, 1.82) is 0 Å². The van der Waals surface area contributed by atoms with Crippen LogP contribution in [-0.2, 0) is 16.0 Å². The van der Waals surface area contributed by atoms with Gasteiger partial charge in [-0.1, -0.05) is 12.1 Å². The summed E-state index contributed by atoms with van der Waals surface area (Å²) >= 11 is 0. The Bertz CT molecular complexity index is 948. The van der Waals surface area contributed by atoms with Crippen molar-refractivity contribution >= 4 is 23.1 Å². The monoisotopic (exact) mass is 367 g/mol. The second kappa shape index (κ2) is 8.35. The summed E-state index contributed by atoms with van der Waals surface area (Å²) in [5.41, 5.74) is 2.61. The van der Waals surface area contributed by atoms with Crippen molar-refractivity contribution in [1.82, 2.24) is 9.61 Å². The predicted molar refractivity (Wildman–Crippen MR) is 101 cm³/mol. The maximum atomic E-state index is 12.3. The zero-order valence-corrected chi connectivity index (χ0v) is 15.3. The van der Waals surface area contributed by atoms with E-state index >= 15 is 0 Å². The topological polar surface area (TPSA) is 81.9 Å². The molecule has 0 bridgehead atoms. The minimum absolute atomic E-state index is 0.104. The lowest BCUT2D eigenvalue weighted by Gasteiger charge is -2.07. The van der Waals surface area contributed by atoms with Crippen molar-refractivity contribution < 1.29 is 19.1 Å². The summed E-state index contributed by atoms with van der Waals surface area (Å²) in [5.74, 6) is 0.248. The minimum Gasteiger partial charge on any atom is -0.497 e. The van der Waals surface area contributed by atoms with E-state index in [1.165, 1.54) is 6.20 Å². The molecule has 0 radical (unpaired) electrons. The van der Waals surface area contributed by atoms with Crippen LogP contribution in [0.25, 0.3) is 5.52 Å². The van der Waals surface area contributed by atoms with Crippen molar-refractivity contribution in [2.24, 2.45) is 0 Å². The first-order valence-electron chi connectivity index (χ1n) is 8.68. The first-order valence-corrected chi connectivity index (χ1v) is 8.68. The Morgan fingerprint density at radius 1 is 1.19 bits per heavy atom. The highest BCUT2D eigenvalue weighted by atomic mass is 16.5. The van der Waals surface area contributed by atoms with E-state index < -0.39 is 5.97 Å². The largest absolute Gasteiger partial charge is 0.497 e. The van der Waals surface area contributed by atoms with Crippen molar-refractivity contribution in [3.63, 3.8) is 0 Å². The van der Waals surface area contributed by atoms with Gasteiger partial charge in [-0.2, -0.15) is 5.10 Å². The van der Waals surface area contributed by atoms with Crippen LogP contribution in [-0.4, -0.2) is 35.2 Å². The van der Waals surface area contributed by atoms with Gasteiger partial charge in [0.2, 0.25) is 5.91 Å². The van der Waals surface area contributed by atoms with E-state index in [2.05, 4.69) is 10.4 Å². The van der Waals surface area contributed by atoms with Gasteiger partial charge in [0.15, 0.2) is 0 Å². The Morgan fingerprint density at radius 2 is 1.96 bits per heavy atom. The molecule has 3 aromatic rings. The van der Waals surface area contributed by atoms with E-state index in [1.54, 1.807) is 36.9 Å². The number of nitrogens with zero attached hydrogens (tertiary/aromatic N) is 2. The number of rotatable bonds is 7. The number of methoxy groups -OCH3 is 1. The lowest BCUT2D eigenvalue weighted by molar-refractivity contribution is -0.116. The van der Waals surface area contributed by atoms with Crippen molar-refractivity contribution in [3.8, 4) is 5.75 Å². The molecule has 2 heterocycles. The second-order valence-electron chi connectivity index (χ2n) is 5.92. The van der Waals surface area contributed by atoms with Crippen LogP contribution in [0.1, 0.15) is 29.3 Å². The van der Waals surface area contributed by atoms with Gasteiger partial charge in [0.25, 0.3) is 0 Å². The van der Waals surface area contributed by atoms with E-state index in [0.29, 0.717) is 29.6 Å². The Kier molecular flexibility index (Phi) is 5.71. The van der Waals surface area contributed by atoms with Crippen LogP contribution in [0.5, 0.6) is 5.75 Å². The fourth-order valence-electron chi connectivity index (χ4n) is 2.70. The zero-order valence-electron chi connectivity index (χ0n) is 15.3. The highest BCUT2D eigenvalue weighted by Crippen LogP contribution is 2.18. The van der Waals surface area contributed by atoms with Crippen LogP contribution in [0.4, 0.5) is 5.69 Å². The third kappa shape index (κ3) is 4.44. The summed E-state index contributed by atoms with van der Waals surface area (Å²) in [6.07, 6.45) is 4.13. The van der Waals surface area contributed by atoms with Gasteiger partial charge in [0.05, 0.1) is 25.4 Å². The van der Waals surface area contributed by atoms with Gasteiger partial charge in [-0.05, 0) is 43.2 Å². The summed E-state index contributed by atoms with van der Waals surface area (Å²) in [7, 11) is 1.62. The second-order valence-corrected chi connectivity index (χ2v) is 5.92. The van der Waals surface area contributed by atoms with Crippen molar-refractivity contribution in [3.05, 3.63) is 59.9 Å². The van der Waals surface area contributed by atoms with E-state index in [0.717, 1.165) is 11.3 Å². The molecule has 0 atom stereocenters. The van der Waals surface area contributed by atoms with Crippen LogP contribution in [0.3, 0.4) is 0 Å². The number of aryl methyl sites for hydroxylation is 1. The number of nitrogens with one attached hydrogen (secondary N) is 1. The molecule has 0 saturated carbocycles. The SMILES string of the molecule is CCOC(=O)c1cnn2ccc(NC(=O)CCc3ccc(OC)cc3)cc12. The number of pyridine rings is 1. The molecule has 7 heteroatoms. The molecule has 0 aliphatic heterocycles. The Morgan fingerprint density at radius 3 is 2.67 bits per heavy atom. The van der Waals surface area contributed by atoms with Gasteiger partial charge >= 0.3 is 5.97 Å². The van der Waals surface area contributed by atoms with Gasteiger partial charge < -0.3 is 14.8 Å². The average Bonchev–Trinajstić information content (AvgIpc) is 3.10. The molecule has 0 aliphatic rings. The van der Waals surface area contributed by atoms with Crippen molar-refractivity contribution in [2.45, 2.75) is 19.8 Å². The van der Waals surface area contributed by atoms with Gasteiger partial charge in [-0.25, -0.2) is 9.31 Å². The third-order valence-electron chi connectivity index (χ3n) is 4.10. The summed E-state index contributed by atoms with van der Waals surface area (Å²) in [4.78, 5) is 24.2. The lowest BCUT2D eigenvalue weighted by atomic mass is 10.1. The Labute approximate surface area is 156 Å².